The third kappa shape index (κ3) is 28.7. The van der Waals surface area contributed by atoms with Crippen molar-refractivity contribution in [2.45, 2.75) is 98.1 Å². The number of oxime groups is 2. The van der Waals surface area contributed by atoms with E-state index in [1.54, 1.807) is 104 Å². The van der Waals surface area contributed by atoms with Crippen LogP contribution in [0.2, 0.25) is 0 Å². The average molecular weight is 1810 g/mol. The van der Waals surface area contributed by atoms with Crippen molar-refractivity contribution in [3.8, 4) is 74.0 Å². The molecule has 0 aliphatic heterocycles. The third-order valence-corrected chi connectivity index (χ3v) is 25.9. The Morgan fingerprint density at radius 2 is 0.650 bits per heavy atom. The van der Waals surface area contributed by atoms with E-state index in [1.807, 2.05) is 81.0 Å². The number of nitrogens with zero attached hydrogens (tertiary/aromatic N) is 18. The minimum atomic E-state index is -4.30. The number of carbonyl (C=O) groups excluding carboxylic acids is 2. The number of thiazole rings is 7. The Balaban J connectivity index is 0.000000150. The molecule has 16 rings (SSSR count). The molecule has 26 nitrogen and oxygen atoms in total. The first-order chi connectivity index (χ1) is 59.3. The lowest BCUT2D eigenvalue weighted by molar-refractivity contribution is -0.145. The van der Waals surface area contributed by atoms with E-state index in [1.165, 1.54) is 141 Å². The molecule has 0 radical (unpaired) electrons. The van der Waals surface area contributed by atoms with E-state index >= 15 is 0 Å². The molecular weight excluding hydrogens is 1730 g/mol. The van der Waals surface area contributed by atoms with Gasteiger partial charge in [0.2, 0.25) is 0 Å². The number of urea groups is 2. The second-order valence-electron chi connectivity index (χ2n) is 26.6. The fourth-order valence-electron chi connectivity index (χ4n) is 10.4. The minimum Gasteiger partial charge on any atom is -0.399 e. The summed E-state index contributed by atoms with van der Waals surface area (Å²) in [7, 11) is 6.06. The minimum absolute atomic E-state index is 0.0989. The molecule has 2 saturated carbocycles. The lowest BCUT2D eigenvalue weighted by atomic mass is 10.1. The van der Waals surface area contributed by atoms with Crippen molar-refractivity contribution >= 4 is 114 Å². The zero-order valence-electron chi connectivity index (χ0n) is 67.8. The van der Waals surface area contributed by atoms with Gasteiger partial charge in [0.1, 0.15) is 72.5 Å². The van der Waals surface area contributed by atoms with Crippen LogP contribution in [0.15, 0.2) is 211 Å². The van der Waals surface area contributed by atoms with Gasteiger partial charge in [-0.2, -0.15) is 23.4 Å². The molecular formula is C83H81F7N22O4S7. The first-order valence-electron chi connectivity index (χ1n) is 37.4. The van der Waals surface area contributed by atoms with E-state index in [2.05, 4.69) is 137 Å². The molecule has 14 aromatic heterocycles. The summed E-state index contributed by atoms with van der Waals surface area (Å²) in [6.45, 7) is 12.9. The van der Waals surface area contributed by atoms with Crippen LogP contribution in [0.5, 0.6) is 0 Å². The standard InChI is InChI=1S/C13H13FN2S.C13H14N2S.C12H12FN5OS.C12H13N5OS.C11H8F4N2S.C11H10FN3OS.C11H11N3OS/c1-8(9-2-3-9)12-7-16-13(17-12)10-4-11(14)6-15-5-10;1-9(10-4-5-10)12-8-15-13(16-12)11-3-2-6-14-7-11;1-7(17-18-12(19)14-2)10-6-16-11(20-10)8-3-9(13)5-15-4-8;1-8(16-17-12(18)13-2)10-7-15-11(19-10)9-4-3-5-14-6-9;1-6(11(13,14)15)9-5-17-10(18-9)7-2-8(12)4-16-3-7;1-7(15-16-2)10-6-14-11(17-10)8-3-9(12)5-13-4-8;1-8(14-15-2)10-7-13-11(16-10)9-4-3-5-12-6-9/h4-9H,2-3H2,1H3;2-3,6-10H,4-5H2,1H3;3-6H,1-2H3,(H2,14,18,19);3-7H,1-2H3,(H2,13,17,18);2-6H,1H3;3-6H,1-2H3;3-7H,1-2H3/b;;17-7+;16-8+;;15-7+;14-8+. The fourth-order valence-corrected chi connectivity index (χ4v) is 16.9. The summed E-state index contributed by atoms with van der Waals surface area (Å²) in [5.41, 5.74) is 13.1. The van der Waals surface area contributed by atoms with Crippen molar-refractivity contribution in [3.63, 3.8) is 0 Å². The quantitative estimate of drug-likeness (QED) is 0.0313. The number of halogens is 7. The summed E-state index contributed by atoms with van der Waals surface area (Å²) in [5, 5.41) is 25.9. The lowest BCUT2D eigenvalue weighted by Gasteiger charge is -2.12. The van der Waals surface area contributed by atoms with Crippen molar-refractivity contribution in [2.24, 2.45) is 32.4 Å². The van der Waals surface area contributed by atoms with Crippen LogP contribution in [0.4, 0.5) is 40.3 Å². The maximum absolute atomic E-state index is 13.1. The highest BCUT2D eigenvalue weighted by Gasteiger charge is 2.38. The molecule has 4 N–H and O–H groups in total. The van der Waals surface area contributed by atoms with Gasteiger partial charge >= 0.3 is 18.2 Å². The zero-order valence-corrected chi connectivity index (χ0v) is 73.5. The first kappa shape index (κ1) is 93.1. The van der Waals surface area contributed by atoms with Crippen LogP contribution >= 0.6 is 79.4 Å². The molecule has 0 bridgehead atoms. The molecule has 3 atom stereocenters. The summed E-state index contributed by atoms with van der Waals surface area (Å²) in [4.78, 5) is 94.9. The van der Waals surface area contributed by atoms with Crippen molar-refractivity contribution in [2.75, 3.05) is 28.3 Å². The van der Waals surface area contributed by atoms with Gasteiger partial charge in [0.05, 0.1) is 73.1 Å². The van der Waals surface area contributed by atoms with Crippen LogP contribution in [-0.4, -0.2) is 139 Å². The predicted molar refractivity (Wildman–Crippen MR) is 472 cm³/mol. The number of hydrazone groups is 2. The van der Waals surface area contributed by atoms with Crippen molar-refractivity contribution in [3.05, 3.63) is 248 Å². The Hall–Kier alpha value is -12.2. The number of alkyl halides is 3. The Kier molecular flexibility index (Phi) is 34.9. The van der Waals surface area contributed by atoms with Gasteiger partial charge in [0.15, 0.2) is 0 Å². The van der Waals surface area contributed by atoms with E-state index in [0.717, 1.165) is 122 Å². The Labute approximate surface area is 731 Å². The molecule has 0 aromatic carbocycles. The Morgan fingerprint density at radius 3 is 0.927 bits per heavy atom. The summed E-state index contributed by atoms with van der Waals surface area (Å²) in [6, 6.07) is 16.4. The van der Waals surface area contributed by atoms with E-state index in [0.29, 0.717) is 55.0 Å². The van der Waals surface area contributed by atoms with Crippen LogP contribution < -0.4 is 21.5 Å². The van der Waals surface area contributed by atoms with Crippen LogP contribution in [0.25, 0.3) is 74.0 Å². The smallest absolute Gasteiger partial charge is 0.396 e. The van der Waals surface area contributed by atoms with Gasteiger partial charge in [0, 0.05) is 173 Å². The molecule has 0 saturated heterocycles. The zero-order chi connectivity index (χ0) is 88.0. The molecule has 40 heteroatoms. The van der Waals surface area contributed by atoms with Gasteiger partial charge in [-0.1, -0.05) is 24.2 Å². The SMILES string of the molecule is CC(c1cnc(-c2cccnc2)s1)C1CC1.CC(c1cnc(-c2cncc(F)c2)s1)C(F)(F)F.CC(c1cnc(-c2cncc(F)c2)s1)C1CC1.CNC(=O)N/N=C(\C)c1cnc(-c2cccnc2)s1.CNC(=O)N/N=C(\C)c1cnc(-c2cncc(F)c2)s1.CO/N=C(\C)c1cnc(-c2cccnc2)s1.CO/N=C(\C)c1cnc(-c2cncc(F)c2)s1. The second-order valence-corrected chi connectivity index (χ2v) is 33.9. The summed E-state index contributed by atoms with van der Waals surface area (Å²) in [5.74, 6) is -0.220. The maximum atomic E-state index is 13.1. The molecule has 2 fully saturated rings. The Bertz CT molecular complexity index is 5840. The molecule has 123 heavy (non-hydrogen) atoms. The van der Waals surface area contributed by atoms with Crippen molar-refractivity contribution < 1.29 is 50.0 Å². The number of hydrogen-bond donors (Lipinski definition) is 4. The maximum Gasteiger partial charge on any atom is 0.396 e. The van der Waals surface area contributed by atoms with Gasteiger partial charge < -0.3 is 20.3 Å². The van der Waals surface area contributed by atoms with Gasteiger partial charge in [-0.25, -0.2) is 72.9 Å². The molecule has 638 valence electrons. The number of nitrogens with one attached hydrogen (secondary N) is 4. The topological polar surface area (TPSA) is 331 Å². The van der Waals surface area contributed by atoms with Gasteiger partial charge in [-0.3, -0.25) is 34.9 Å². The largest absolute Gasteiger partial charge is 0.399 e. The molecule has 4 amide bonds. The normalized spacial score (nSPS) is 13.3. The van der Waals surface area contributed by atoms with Crippen LogP contribution in [0.1, 0.15) is 126 Å². The third-order valence-electron chi connectivity index (χ3n) is 17.6. The number of pyridine rings is 7. The first-order valence-corrected chi connectivity index (χ1v) is 43.1. The van der Waals surface area contributed by atoms with Crippen LogP contribution in [0, 0.1) is 35.1 Å². The van der Waals surface area contributed by atoms with Gasteiger partial charge in [-0.05, 0) is 145 Å². The second kappa shape index (κ2) is 46.2. The van der Waals surface area contributed by atoms with Crippen LogP contribution in [-0.2, 0) is 9.68 Å². The highest BCUT2D eigenvalue weighted by molar-refractivity contribution is 7.18. The average Bonchev–Trinajstić information content (AvgIpc) is 1.67. The molecule has 14 aromatic rings. The number of rotatable bonds is 20. The molecule has 14 heterocycles. The van der Waals surface area contributed by atoms with Crippen molar-refractivity contribution in [1.82, 2.24) is 91.3 Å². The fraction of sp³-hybridized carbons (Fsp3) is 0.253. The number of aromatic nitrogens is 14. The van der Waals surface area contributed by atoms with Crippen LogP contribution in [0.3, 0.4) is 0 Å². The Morgan fingerprint density at radius 1 is 0.382 bits per heavy atom. The van der Waals surface area contributed by atoms with E-state index in [9.17, 15) is 40.3 Å². The lowest BCUT2D eigenvalue weighted by Crippen LogP contribution is -2.29. The van der Waals surface area contributed by atoms with E-state index in [4.69, 9.17) is 4.84 Å². The van der Waals surface area contributed by atoms with E-state index in [-0.39, 0.29) is 22.5 Å². The summed E-state index contributed by atoms with van der Waals surface area (Å²) < 4.78 is 89.7. The monoisotopic (exact) mass is 1810 g/mol. The predicted octanol–water partition coefficient (Wildman–Crippen LogP) is 20.7. The molecule has 3 unspecified atom stereocenters. The molecule has 0 spiro atoms. The number of hydrogen-bond acceptors (Lipinski definition) is 29. The highest BCUT2D eigenvalue weighted by Crippen LogP contribution is 2.46. The highest BCUT2D eigenvalue weighted by atomic mass is 32.1. The van der Waals surface area contributed by atoms with Gasteiger partial charge in [-0.15, -0.1) is 79.4 Å². The summed E-state index contributed by atoms with van der Waals surface area (Å²) in [6.07, 6.45) is 34.5. The molecule has 2 aliphatic rings. The van der Waals surface area contributed by atoms with Gasteiger partial charge in [0.25, 0.3) is 0 Å². The molecule has 2 aliphatic carbocycles. The van der Waals surface area contributed by atoms with E-state index < -0.39 is 29.8 Å². The number of carbonyl (C=O) groups is 2. The van der Waals surface area contributed by atoms with Crippen molar-refractivity contribution in [1.29, 1.82) is 0 Å². The summed E-state index contributed by atoms with van der Waals surface area (Å²) >= 11 is 10.2. The number of amides is 4.